The number of rotatable bonds is 2. The van der Waals surface area contributed by atoms with Gasteiger partial charge in [0.15, 0.2) is 0 Å². The number of hydrogen-bond acceptors (Lipinski definition) is 1. The first kappa shape index (κ1) is 25.8. The Hall–Kier alpha value is -6.38. The summed E-state index contributed by atoms with van der Waals surface area (Å²) in [7, 11) is 0. The maximum Gasteiger partial charge on any atom is 0.123 e. The fourth-order valence-corrected chi connectivity index (χ4v) is 8.37. The molecule has 0 bridgehead atoms. The molecule has 2 nitrogen and oxygen atoms in total. The van der Waals surface area contributed by atoms with Crippen molar-refractivity contribution in [1.82, 2.24) is 4.57 Å². The molecule has 9 aromatic rings. The van der Waals surface area contributed by atoms with Crippen LogP contribution in [0.25, 0.3) is 82.6 Å². The van der Waals surface area contributed by atoms with Gasteiger partial charge in [0.05, 0.1) is 16.9 Å². The van der Waals surface area contributed by atoms with Gasteiger partial charge in [0.2, 0.25) is 0 Å². The van der Waals surface area contributed by atoms with Gasteiger partial charge in [0.1, 0.15) is 5.82 Å². The van der Waals surface area contributed by atoms with Crippen LogP contribution in [0.1, 0.15) is 0 Å². The van der Waals surface area contributed by atoms with Gasteiger partial charge in [-0.1, -0.05) is 121 Å². The molecule has 2 aliphatic rings. The molecule has 2 heteroatoms. The normalized spacial score (nSPS) is 12.5. The number of nitrogens with zero attached hydrogens (tertiary/aromatic N) is 2. The maximum absolute atomic E-state index is 2.47. The molecule has 48 heavy (non-hydrogen) atoms. The minimum Gasteiger partial charge on any atom is -0.295 e. The van der Waals surface area contributed by atoms with E-state index < -0.39 is 0 Å². The molecule has 0 saturated heterocycles. The summed E-state index contributed by atoms with van der Waals surface area (Å²) in [5.41, 5.74) is 14.9. The van der Waals surface area contributed by atoms with Crippen LogP contribution in [0.15, 0.2) is 170 Å². The van der Waals surface area contributed by atoms with Crippen LogP contribution in [0, 0.1) is 0 Å². The average molecular weight is 609 g/mol. The van der Waals surface area contributed by atoms with E-state index in [1.54, 1.807) is 0 Å². The number of benzene rings is 8. The number of aromatic nitrogens is 1. The summed E-state index contributed by atoms with van der Waals surface area (Å²) in [5, 5.41) is 6.36. The number of hydrogen-bond donors (Lipinski definition) is 0. The highest BCUT2D eigenvalue weighted by molar-refractivity contribution is 6.16. The molecule has 0 atom stereocenters. The van der Waals surface area contributed by atoms with Crippen molar-refractivity contribution in [3.63, 3.8) is 0 Å². The van der Waals surface area contributed by atoms with E-state index in [1.807, 2.05) is 0 Å². The quantitative estimate of drug-likeness (QED) is 0.190. The Morgan fingerprint density at radius 2 is 1.08 bits per heavy atom. The summed E-state index contributed by atoms with van der Waals surface area (Å²) in [6.45, 7) is 0. The van der Waals surface area contributed by atoms with Crippen molar-refractivity contribution < 1.29 is 0 Å². The predicted molar refractivity (Wildman–Crippen MR) is 202 cm³/mol. The molecule has 0 amide bonds. The highest BCUT2D eigenvalue weighted by atomic mass is 15.3. The molecule has 11 rings (SSSR count). The van der Waals surface area contributed by atoms with E-state index in [0.29, 0.717) is 0 Å². The first-order chi connectivity index (χ1) is 23.8. The molecule has 1 aromatic heterocycles. The first-order valence-corrected chi connectivity index (χ1v) is 16.6. The van der Waals surface area contributed by atoms with Gasteiger partial charge in [0.25, 0.3) is 0 Å². The van der Waals surface area contributed by atoms with E-state index in [-0.39, 0.29) is 0 Å². The molecule has 222 valence electrons. The van der Waals surface area contributed by atoms with Crippen molar-refractivity contribution in [3.05, 3.63) is 170 Å². The van der Waals surface area contributed by atoms with Crippen LogP contribution in [0.2, 0.25) is 0 Å². The molecule has 0 fully saturated rings. The van der Waals surface area contributed by atoms with E-state index in [4.69, 9.17) is 0 Å². The lowest BCUT2D eigenvalue weighted by atomic mass is 9.94. The zero-order chi connectivity index (χ0) is 31.3. The maximum atomic E-state index is 2.47. The van der Waals surface area contributed by atoms with Crippen molar-refractivity contribution in [1.29, 1.82) is 0 Å². The Labute approximate surface area is 278 Å². The van der Waals surface area contributed by atoms with Crippen LogP contribution in [0.4, 0.5) is 17.2 Å². The summed E-state index contributed by atoms with van der Waals surface area (Å²) < 4.78 is 2.45. The van der Waals surface area contributed by atoms with Gasteiger partial charge in [-0.2, -0.15) is 0 Å². The largest absolute Gasteiger partial charge is 0.295 e. The predicted octanol–water partition coefficient (Wildman–Crippen LogP) is 12.7. The monoisotopic (exact) mass is 608 g/mol. The molecule has 0 saturated carbocycles. The van der Waals surface area contributed by atoms with Crippen LogP contribution >= 0.6 is 0 Å². The highest BCUT2D eigenvalue weighted by Gasteiger charge is 2.29. The molecule has 0 radical (unpaired) electrons. The lowest BCUT2D eigenvalue weighted by Gasteiger charge is -2.27. The Kier molecular flexibility index (Phi) is 5.14. The lowest BCUT2D eigenvalue weighted by molar-refractivity contribution is 1.09. The molecule has 0 unspecified atom stereocenters. The fraction of sp³-hybridized carbons (Fsp3) is 0. The van der Waals surface area contributed by atoms with Crippen molar-refractivity contribution in [2.45, 2.75) is 0 Å². The van der Waals surface area contributed by atoms with Gasteiger partial charge in [-0.25, -0.2) is 0 Å². The molecule has 1 aliphatic carbocycles. The zero-order valence-corrected chi connectivity index (χ0v) is 26.1. The second-order valence-corrected chi connectivity index (χ2v) is 13.0. The van der Waals surface area contributed by atoms with Gasteiger partial charge in [0, 0.05) is 22.2 Å². The number of anilines is 3. The van der Waals surface area contributed by atoms with Gasteiger partial charge in [-0.05, 0) is 103 Å². The molecule has 2 heterocycles. The Morgan fingerprint density at radius 3 is 2.00 bits per heavy atom. The van der Waals surface area contributed by atoms with Gasteiger partial charge in [-0.15, -0.1) is 0 Å². The van der Waals surface area contributed by atoms with Gasteiger partial charge in [-0.3, -0.25) is 9.47 Å². The summed E-state index contributed by atoms with van der Waals surface area (Å²) in [6, 6.07) is 62.7. The molecular weight excluding hydrogens is 581 g/mol. The molecule has 0 N–H and O–H groups in total. The van der Waals surface area contributed by atoms with Gasteiger partial charge < -0.3 is 0 Å². The van der Waals surface area contributed by atoms with Crippen LogP contribution < -0.4 is 4.90 Å². The van der Waals surface area contributed by atoms with E-state index in [1.165, 1.54) is 88.3 Å². The van der Waals surface area contributed by atoms with Crippen molar-refractivity contribution in [3.8, 4) is 50.2 Å². The molecule has 8 aromatic carbocycles. The third kappa shape index (κ3) is 3.46. The van der Waals surface area contributed by atoms with Crippen LogP contribution in [-0.4, -0.2) is 4.57 Å². The van der Waals surface area contributed by atoms with E-state index >= 15 is 0 Å². The first-order valence-electron chi connectivity index (χ1n) is 16.6. The number of fused-ring (bicyclic) bond motifs is 12. The third-order valence-electron chi connectivity index (χ3n) is 10.4. The Bertz CT molecular complexity index is 2800. The fourth-order valence-electron chi connectivity index (χ4n) is 8.37. The number of para-hydroxylation sites is 2. The molecule has 1 aliphatic heterocycles. The average Bonchev–Trinajstić information content (AvgIpc) is 3.65. The lowest BCUT2D eigenvalue weighted by Crippen LogP contribution is -2.13. The second kappa shape index (κ2) is 9.57. The second-order valence-electron chi connectivity index (χ2n) is 13.0. The van der Waals surface area contributed by atoms with E-state index in [0.717, 1.165) is 11.5 Å². The third-order valence-corrected chi connectivity index (χ3v) is 10.4. The SMILES string of the molecule is c1cc(-c2cc3c4c(cccc4c2)-c2ccccc2-3)cc(N2c3ccc4ccccc4c3-c3ccccc3-n3c2cc2ccccc23)c1. The van der Waals surface area contributed by atoms with E-state index in [2.05, 4.69) is 179 Å². The van der Waals surface area contributed by atoms with E-state index in [9.17, 15) is 0 Å². The van der Waals surface area contributed by atoms with Crippen molar-refractivity contribution in [2.75, 3.05) is 4.90 Å². The molecule has 0 spiro atoms. The highest BCUT2D eigenvalue weighted by Crippen LogP contribution is 2.52. The van der Waals surface area contributed by atoms with Crippen LogP contribution in [-0.2, 0) is 0 Å². The minimum absolute atomic E-state index is 1.13. The van der Waals surface area contributed by atoms with Crippen LogP contribution in [0.3, 0.4) is 0 Å². The summed E-state index contributed by atoms with van der Waals surface area (Å²) in [5.74, 6) is 1.13. The van der Waals surface area contributed by atoms with Gasteiger partial charge >= 0.3 is 0 Å². The molecular formula is C46H28N2. The summed E-state index contributed by atoms with van der Waals surface area (Å²) >= 11 is 0. The standard InChI is InChI=1S/C46H28N2/c1-3-16-35-29(11-1)23-24-43-46(35)39-19-6-8-22-42(39)48-41-21-7-2-12-31(41)28-44(48)47(43)34-15-9-13-30(26-34)33-25-32-14-10-20-38-36-17-4-5-18-37(36)40(27-33)45(32)38/h1-28H. The van der Waals surface area contributed by atoms with Crippen LogP contribution in [0.5, 0.6) is 0 Å². The van der Waals surface area contributed by atoms with Crippen molar-refractivity contribution in [2.24, 2.45) is 0 Å². The summed E-state index contributed by atoms with van der Waals surface area (Å²) in [6.07, 6.45) is 0. The Morgan fingerprint density at radius 1 is 0.375 bits per heavy atom. The Balaban J connectivity index is 1.19. The summed E-state index contributed by atoms with van der Waals surface area (Å²) in [4.78, 5) is 2.47. The van der Waals surface area contributed by atoms with Crippen molar-refractivity contribution >= 4 is 49.6 Å². The zero-order valence-electron chi connectivity index (χ0n) is 26.1. The minimum atomic E-state index is 1.13. The smallest absolute Gasteiger partial charge is 0.123 e. The topological polar surface area (TPSA) is 8.17 Å².